The molecule has 2 aromatic carbocycles. The van der Waals surface area contributed by atoms with Crippen LogP contribution in [0.1, 0.15) is 29.8 Å². The Morgan fingerprint density at radius 3 is 2.09 bits per heavy atom. The Bertz CT molecular complexity index is 846. The molecule has 118 valence electrons. The molecule has 0 aliphatic rings. The zero-order chi connectivity index (χ0) is 17.0. The van der Waals surface area contributed by atoms with Gasteiger partial charge in [-0.2, -0.15) is 5.26 Å². The predicted molar refractivity (Wildman–Crippen MR) is 87.9 cm³/mol. The van der Waals surface area contributed by atoms with Crippen molar-refractivity contribution in [2.75, 3.05) is 5.32 Å². The molecule has 6 heteroatoms. The van der Waals surface area contributed by atoms with Gasteiger partial charge in [0.05, 0.1) is 21.8 Å². The number of amides is 1. The molecular weight excluding hydrogens is 312 g/mol. The maximum atomic E-state index is 12.1. The van der Waals surface area contributed by atoms with Gasteiger partial charge < -0.3 is 5.32 Å². The Kier molecular flexibility index (Phi) is 4.82. The number of hydrogen-bond acceptors (Lipinski definition) is 4. The quantitative estimate of drug-likeness (QED) is 0.934. The molecular formula is C17H16N2O3S. The van der Waals surface area contributed by atoms with E-state index in [1.54, 1.807) is 38.1 Å². The van der Waals surface area contributed by atoms with Gasteiger partial charge in [-0.05, 0) is 62.4 Å². The predicted octanol–water partition coefficient (Wildman–Crippen LogP) is 2.99. The second-order valence-electron chi connectivity index (χ2n) is 5.26. The van der Waals surface area contributed by atoms with Crippen molar-refractivity contribution < 1.29 is 13.2 Å². The molecule has 2 rings (SSSR count). The van der Waals surface area contributed by atoms with Crippen LogP contribution in [0.5, 0.6) is 0 Å². The van der Waals surface area contributed by atoms with E-state index < -0.39 is 15.1 Å². The van der Waals surface area contributed by atoms with E-state index in [0.29, 0.717) is 16.8 Å². The highest BCUT2D eigenvalue weighted by Gasteiger charge is 2.19. The van der Waals surface area contributed by atoms with E-state index in [2.05, 4.69) is 5.32 Å². The first-order valence-corrected chi connectivity index (χ1v) is 8.54. The summed E-state index contributed by atoms with van der Waals surface area (Å²) in [6.45, 7) is 3.22. The smallest absolute Gasteiger partial charge is 0.255 e. The first-order valence-electron chi connectivity index (χ1n) is 7.00. The van der Waals surface area contributed by atoms with Crippen LogP contribution in [0.4, 0.5) is 5.69 Å². The molecule has 5 nitrogen and oxygen atoms in total. The molecule has 0 radical (unpaired) electrons. The van der Waals surface area contributed by atoms with Gasteiger partial charge in [0.25, 0.3) is 5.91 Å². The van der Waals surface area contributed by atoms with Gasteiger partial charge in [0.1, 0.15) is 0 Å². The summed E-state index contributed by atoms with van der Waals surface area (Å²) < 4.78 is 24.1. The largest absolute Gasteiger partial charge is 0.322 e. The van der Waals surface area contributed by atoms with Crippen LogP contribution < -0.4 is 5.32 Å². The van der Waals surface area contributed by atoms with Crippen molar-refractivity contribution in [3.8, 4) is 6.07 Å². The van der Waals surface area contributed by atoms with Gasteiger partial charge >= 0.3 is 0 Å². The van der Waals surface area contributed by atoms with Gasteiger partial charge in [-0.25, -0.2) is 8.42 Å². The van der Waals surface area contributed by atoms with Crippen LogP contribution in [0, 0.1) is 11.3 Å². The Morgan fingerprint density at radius 1 is 1.04 bits per heavy atom. The summed E-state index contributed by atoms with van der Waals surface area (Å²) in [6.07, 6.45) is 0. The highest BCUT2D eigenvalue weighted by atomic mass is 32.2. The van der Waals surface area contributed by atoms with Gasteiger partial charge in [-0.15, -0.1) is 0 Å². The number of carbonyl (C=O) groups is 1. The number of nitrogens with one attached hydrogen (secondary N) is 1. The second kappa shape index (κ2) is 6.63. The molecule has 0 heterocycles. The summed E-state index contributed by atoms with van der Waals surface area (Å²) in [7, 11) is -3.35. The normalized spacial score (nSPS) is 11.0. The van der Waals surface area contributed by atoms with Crippen LogP contribution in [-0.4, -0.2) is 19.6 Å². The van der Waals surface area contributed by atoms with Gasteiger partial charge in [0.15, 0.2) is 9.84 Å². The summed E-state index contributed by atoms with van der Waals surface area (Å²) in [5.41, 5.74) is 1.43. The van der Waals surface area contributed by atoms with Crippen molar-refractivity contribution in [2.45, 2.75) is 24.0 Å². The molecule has 0 saturated carbocycles. The average molecular weight is 328 g/mol. The lowest BCUT2D eigenvalue weighted by molar-refractivity contribution is 0.102. The zero-order valence-electron chi connectivity index (χ0n) is 12.8. The van der Waals surface area contributed by atoms with Crippen LogP contribution >= 0.6 is 0 Å². The van der Waals surface area contributed by atoms with Crippen LogP contribution in [0.15, 0.2) is 53.4 Å². The van der Waals surface area contributed by atoms with Crippen molar-refractivity contribution in [3.63, 3.8) is 0 Å². The molecule has 0 aliphatic carbocycles. The fraction of sp³-hybridized carbons (Fsp3) is 0.176. The second-order valence-corrected chi connectivity index (χ2v) is 7.77. The third-order valence-corrected chi connectivity index (χ3v) is 5.51. The lowest BCUT2D eigenvalue weighted by atomic mass is 10.2. The highest BCUT2D eigenvalue weighted by molar-refractivity contribution is 7.92. The van der Waals surface area contributed by atoms with Gasteiger partial charge in [-0.3, -0.25) is 4.79 Å². The van der Waals surface area contributed by atoms with Crippen molar-refractivity contribution in [3.05, 3.63) is 59.7 Å². The molecule has 23 heavy (non-hydrogen) atoms. The molecule has 0 unspecified atom stereocenters. The van der Waals surface area contributed by atoms with Crippen LogP contribution in [0.3, 0.4) is 0 Å². The Hall–Kier alpha value is -2.65. The lowest BCUT2D eigenvalue weighted by Crippen LogP contribution is -2.15. The number of rotatable bonds is 4. The van der Waals surface area contributed by atoms with Gasteiger partial charge in [-0.1, -0.05) is 0 Å². The first-order chi connectivity index (χ1) is 10.8. The van der Waals surface area contributed by atoms with Crippen molar-refractivity contribution in [1.82, 2.24) is 0 Å². The Balaban J connectivity index is 2.16. The van der Waals surface area contributed by atoms with E-state index in [4.69, 9.17) is 5.26 Å². The average Bonchev–Trinajstić information content (AvgIpc) is 2.55. The molecule has 0 bridgehead atoms. The zero-order valence-corrected chi connectivity index (χ0v) is 13.6. The summed E-state index contributed by atoms with van der Waals surface area (Å²) >= 11 is 0. The third-order valence-electron chi connectivity index (χ3n) is 3.34. The number of sulfone groups is 1. The first kappa shape index (κ1) is 16.7. The minimum absolute atomic E-state index is 0.197. The Morgan fingerprint density at radius 2 is 1.61 bits per heavy atom. The molecule has 0 spiro atoms. The molecule has 0 aromatic heterocycles. The molecule has 1 amide bonds. The van der Waals surface area contributed by atoms with Crippen LogP contribution in [0.25, 0.3) is 0 Å². The summed E-state index contributed by atoms with van der Waals surface area (Å²) in [5.74, 6) is -0.344. The molecule has 0 aliphatic heterocycles. The molecule has 0 atom stereocenters. The minimum Gasteiger partial charge on any atom is -0.322 e. The highest BCUT2D eigenvalue weighted by Crippen LogP contribution is 2.17. The number of nitrogens with zero attached hydrogens (tertiary/aromatic N) is 1. The molecule has 0 saturated heterocycles. The number of carbonyl (C=O) groups excluding carboxylic acids is 1. The summed E-state index contributed by atoms with van der Waals surface area (Å²) in [5, 5.41) is 10.9. The minimum atomic E-state index is -3.35. The van der Waals surface area contributed by atoms with E-state index in [1.807, 2.05) is 6.07 Å². The van der Waals surface area contributed by atoms with Gasteiger partial charge in [0.2, 0.25) is 0 Å². The fourth-order valence-corrected chi connectivity index (χ4v) is 2.96. The van der Waals surface area contributed by atoms with Crippen LogP contribution in [-0.2, 0) is 9.84 Å². The molecule has 2 aromatic rings. The third kappa shape index (κ3) is 3.76. The van der Waals surface area contributed by atoms with E-state index >= 15 is 0 Å². The summed E-state index contributed by atoms with van der Waals surface area (Å²) in [4.78, 5) is 12.3. The molecule has 1 N–H and O–H groups in total. The standard InChI is InChI=1S/C17H16N2O3S/c1-12(2)23(21,22)16-9-5-14(6-10-16)17(20)19-15-7-3-13(11-18)4-8-15/h3-10,12H,1-2H3,(H,19,20). The number of benzene rings is 2. The maximum absolute atomic E-state index is 12.1. The van der Waals surface area contributed by atoms with Crippen molar-refractivity contribution in [2.24, 2.45) is 0 Å². The van der Waals surface area contributed by atoms with Crippen molar-refractivity contribution >= 4 is 21.4 Å². The topological polar surface area (TPSA) is 87.0 Å². The van der Waals surface area contributed by atoms with Gasteiger partial charge in [0, 0.05) is 11.3 Å². The number of hydrogen-bond donors (Lipinski definition) is 1. The van der Waals surface area contributed by atoms with Crippen LogP contribution in [0.2, 0.25) is 0 Å². The van der Waals surface area contributed by atoms with E-state index in [0.717, 1.165) is 0 Å². The van der Waals surface area contributed by atoms with E-state index in [9.17, 15) is 13.2 Å². The lowest BCUT2D eigenvalue weighted by Gasteiger charge is -2.09. The summed E-state index contributed by atoms with van der Waals surface area (Å²) in [6, 6.07) is 14.3. The monoisotopic (exact) mass is 328 g/mol. The Labute approximate surface area is 135 Å². The number of nitriles is 1. The van der Waals surface area contributed by atoms with E-state index in [-0.39, 0.29) is 10.8 Å². The maximum Gasteiger partial charge on any atom is 0.255 e. The van der Waals surface area contributed by atoms with Crippen molar-refractivity contribution in [1.29, 1.82) is 5.26 Å². The fourth-order valence-electron chi connectivity index (χ4n) is 1.90. The SMILES string of the molecule is CC(C)S(=O)(=O)c1ccc(C(=O)Nc2ccc(C#N)cc2)cc1. The van der Waals surface area contributed by atoms with E-state index in [1.165, 1.54) is 24.3 Å². The molecule has 0 fully saturated rings. The number of anilines is 1.